The smallest absolute Gasteiger partial charge is 0.0948 e. The molecule has 2 aromatic rings. The van der Waals surface area contributed by atoms with E-state index in [-0.39, 0.29) is 5.41 Å². The van der Waals surface area contributed by atoms with Crippen LogP contribution in [0.15, 0.2) is 28.1 Å². The highest BCUT2D eigenvalue weighted by molar-refractivity contribution is 9.10. The molecule has 1 heterocycles. The summed E-state index contributed by atoms with van der Waals surface area (Å²) in [4.78, 5) is 4.70. The largest absolute Gasteiger partial charge is 0.241 e. The first kappa shape index (κ1) is 12.8. The average molecular weight is 333 g/mol. The summed E-state index contributed by atoms with van der Waals surface area (Å²) in [5, 5.41) is 12.3. The monoisotopic (exact) mass is 332 g/mol. The predicted octanol–water partition coefficient (Wildman–Crippen LogP) is 4.73. The minimum Gasteiger partial charge on any atom is -0.241 e. The van der Waals surface area contributed by atoms with Gasteiger partial charge in [0.2, 0.25) is 0 Å². The lowest BCUT2D eigenvalue weighted by Gasteiger charge is -2.03. The first-order chi connectivity index (χ1) is 9.12. The molecule has 0 unspecified atom stereocenters. The second-order valence-corrected chi connectivity index (χ2v) is 7.01. The number of nitrogens with zero attached hydrogens (tertiary/aromatic N) is 2. The van der Waals surface area contributed by atoms with Crippen molar-refractivity contribution in [1.82, 2.24) is 4.98 Å². The van der Waals surface area contributed by atoms with Gasteiger partial charge < -0.3 is 0 Å². The van der Waals surface area contributed by atoms with E-state index in [0.717, 1.165) is 34.4 Å². The summed E-state index contributed by atoms with van der Waals surface area (Å²) in [5.41, 5.74) is 3.30. The van der Waals surface area contributed by atoms with Gasteiger partial charge in [0.15, 0.2) is 0 Å². The lowest BCUT2D eigenvalue weighted by Crippen LogP contribution is -2.00. The Morgan fingerprint density at radius 2 is 2.26 bits per heavy atom. The topological polar surface area (TPSA) is 36.7 Å². The molecule has 0 aliphatic heterocycles. The maximum absolute atomic E-state index is 9.14. The third kappa shape index (κ3) is 2.58. The SMILES string of the molecule is Cc1ccc(Br)cc1-c1csc(CC2(C#N)CC2)n1. The van der Waals surface area contributed by atoms with Gasteiger partial charge in [0.1, 0.15) is 0 Å². The summed E-state index contributed by atoms with van der Waals surface area (Å²) in [6, 6.07) is 8.67. The van der Waals surface area contributed by atoms with E-state index in [1.165, 1.54) is 11.1 Å². The molecule has 1 aliphatic rings. The van der Waals surface area contributed by atoms with E-state index in [0.29, 0.717) is 0 Å². The van der Waals surface area contributed by atoms with Gasteiger partial charge in [-0.3, -0.25) is 0 Å². The molecule has 0 spiro atoms. The molecule has 2 nitrogen and oxygen atoms in total. The maximum Gasteiger partial charge on any atom is 0.0948 e. The van der Waals surface area contributed by atoms with Gasteiger partial charge in [-0.1, -0.05) is 22.0 Å². The van der Waals surface area contributed by atoms with Crippen LogP contribution in [0, 0.1) is 23.7 Å². The number of rotatable bonds is 3. The van der Waals surface area contributed by atoms with Crippen LogP contribution in [0.25, 0.3) is 11.3 Å². The Labute approximate surface area is 125 Å². The Bertz CT molecular complexity index is 665. The fourth-order valence-electron chi connectivity index (χ4n) is 2.15. The highest BCUT2D eigenvalue weighted by atomic mass is 79.9. The molecule has 0 N–H and O–H groups in total. The average Bonchev–Trinajstić information content (AvgIpc) is 3.02. The quantitative estimate of drug-likeness (QED) is 0.814. The van der Waals surface area contributed by atoms with Crippen molar-refractivity contribution in [3.63, 3.8) is 0 Å². The molecule has 0 atom stereocenters. The van der Waals surface area contributed by atoms with E-state index in [4.69, 9.17) is 10.2 Å². The number of hydrogen-bond donors (Lipinski definition) is 0. The molecule has 0 bridgehead atoms. The Balaban J connectivity index is 1.89. The standard InChI is InChI=1S/C15H13BrN2S/c1-10-2-3-11(16)6-12(10)13-8-19-14(18-13)7-15(9-17)4-5-15/h2-3,6,8H,4-5,7H2,1H3. The van der Waals surface area contributed by atoms with Gasteiger partial charge in [-0.05, 0) is 37.5 Å². The Morgan fingerprint density at radius 1 is 1.47 bits per heavy atom. The van der Waals surface area contributed by atoms with Crippen LogP contribution in [0.2, 0.25) is 0 Å². The summed E-state index contributed by atoms with van der Waals surface area (Å²) in [7, 11) is 0. The zero-order chi connectivity index (χ0) is 13.5. The molecular formula is C15H13BrN2S. The maximum atomic E-state index is 9.14. The molecule has 19 heavy (non-hydrogen) atoms. The molecule has 4 heteroatoms. The van der Waals surface area contributed by atoms with E-state index >= 15 is 0 Å². The van der Waals surface area contributed by atoms with Gasteiger partial charge in [0, 0.05) is 21.8 Å². The number of nitriles is 1. The number of thiazole rings is 1. The zero-order valence-corrected chi connectivity index (χ0v) is 13.0. The van der Waals surface area contributed by atoms with Gasteiger partial charge in [-0.25, -0.2) is 4.98 Å². The molecule has 1 saturated carbocycles. The van der Waals surface area contributed by atoms with Crippen molar-refractivity contribution in [3.05, 3.63) is 38.6 Å². The van der Waals surface area contributed by atoms with Crippen molar-refractivity contribution in [1.29, 1.82) is 5.26 Å². The molecule has 1 fully saturated rings. The van der Waals surface area contributed by atoms with Gasteiger partial charge in [0.25, 0.3) is 0 Å². The number of benzene rings is 1. The van der Waals surface area contributed by atoms with E-state index < -0.39 is 0 Å². The highest BCUT2D eigenvalue weighted by Crippen LogP contribution is 2.48. The van der Waals surface area contributed by atoms with Crippen molar-refractivity contribution < 1.29 is 0 Å². The van der Waals surface area contributed by atoms with Crippen LogP contribution in [0.3, 0.4) is 0 Å². The second kappa shape index (κ2) is 4.73. The van der Waals surface area contributed by atoms with Crippen LogP contribution in [0.5, 0.6) is 0 Å². The number of halogens is 1. The third-order valence-corrected chi connectivity index (χ3v) is 4.95. The van der Waals surface area contributed by atoms with Crippen molar-refractivity contribution >= 4 is 27.3 Å². The predicted molar refractivity (Wildman–Crippen MR) is 81.0 cm³/mol. The van der Waals surface area contributed by atoms with Crippen molar-refractivity contribution in [2.24, 2.45) is 5.41 Å². The second-order valence-electron chi connectivity index (χ2n) is 5.15. The van der Waals surface area contributed by atoms with Gasteiger partial charge >= 0.3 is 0 Å². The third-order valence-electron chi connectivity index (χ3n) is 3.61. The van der Waals surface area contributed by atoms with E-state index in [1.807, 2.05) is 6.07 Å². The van der Waals surface area contributed by atoms with E-state index in [2.05, 4.69) is 46.4 Å². The van der Waals surface area contributed by atoms with Crippen LogP contribution >= 0.6 is 27.3 Å². The van der Waals surface area contributed by atoms with Crippen molar-refractivity contribution in [2.75, 3.05) is 0 Å². The lowest BCUT2D eigenvalue weighted by atomic mass is 10.1. The van der Waals surface area contributed by atoms with Crippen LogP contribution in [-0.2, 0) is 6.42 Å². The summed E-state index contributed by atoms with van der Waals surface area (Å²) < 4.78 is 1.07. The normalized spacial score (nSPS) is 16.1. The highest BCUT2D eigenvalue weighted by Gasteiger charge is 2.43. The fraction of sp³-hybridized carbons (Fsp3) is 0.333. The number of aryl methyl sites for hydroxylation is 1. The molecule has 1 aliphatic carbocycles. The number of hydrogen-bond acceptors (Lipinski definition) is 3. The minimum atomic E-state index is -0.110. The Hall–Kier alpha value is -1.18. The fourth-order valence-corrected chi connectivity index (χ4v) is 3.45. The summed E-state index contributed by atoms with van der Waals surface area (Å²) >= 11 is 5.17. The van der Waals surface area contributed by atoms with Crippen molar-refractivity contribution in [3.8, 4) is 17.3 Å². The molecule has 3 rings (SSSR count). The molecule has 0 radical (unpaired) electrons. The van der Waals surface area contributed by atoms with Crippen LogP contribution in [0.4, 0.5) is 0 Å². The molecule has 0 saturated heterocycles. The van der Waals surface area contributed by atoms with Crippen LogP contribution in [0.1, 0.15) is 23.4 Å². The van der Waals surface area contributed by atoms with Gasteiger partial charge in [-0.15, -0.1) is 11.3 Å². The first-order valence-corrected chi connectivity index (χ1v) is 7.91. The van der Waals surface area contributed by atoms with E-state index in [1.54, 1.807) is 11.3 Å². The lowest BCUT2D eigenvalue weighted by molar-refractivity contribution is 0.662. The van der Waals surface area contributed by atoms with Crippen molar-refractivity contribution in [2.45, 2.75) is 26.2 Å². The molecule has 1 aromatic carbocycles. The molecule has 96 valence electrons. The summed E-state index contributed by atoms with van der Waals surface area (Å²) in [6.07, 6.45) is 2.85. The number of aromatic nitrogens is 1. The molecular weight excluding hydrogens is 320 g/mol. The van der Waals surface area contributed by atoms with E-state index in [9.17, 15) is 0 Å². The minimum absolute atomic E-state index is 0.110. The van der Waals surface area contributed by atoms with Crippen LogP contribution < -0.4 is 0 Å². The summed E-state index contributed by atoms with van der Waals surface area (Å²) in [6.45, 7) is 2.10. The Morgan fingerprint density at radius 3 is 2.95 bits per heavy atom. The summed E-state index contributed by atoms with van der Waals surface area (Å²) in [5.74, 6) is 0. The Kier molecular flexibility index (Phi) is 3.20. The van der Waals surface area contributed by atoms with Gasteiger partial charge in [0.05, 0.1) is 22.2 Å². The molecule has 1 aromatic heterocycles. The van der Waals surface area contributed by atoms with Gasteiger partial charge in [-0.2, -0.15) is 5.26 Å². The zero-order valence-electron chi connectivity index (χ0n) is 10.6. The molecule has 0 amide bonds. The first-order valence-electron chi connectivity index (χ1n) is 6.24. The van der Waals surface area contributed by atoms with Crippen LogP contribution in [-0.4, -0.2) is 4.98 Å².